The second-order valence-electron chi connectivity index (χ2n) is 3.06. The molecule has 0 saturated heterocycles. The highest BCUT2D eigenvalue weighted by molar-refractivity contribution is 9.10. The van der Waals surface area contributed by atoms with Crippen LogP contribution in [0.15, 0.2) is 39.8 Å². The maximum absolute atomic E-state index is 4.93. The van der Waals surface area contributed by atoms with Crippen LogP contribution in [0.4, 0.5) is 0 Å². The Kier molecular flexibility index (Phi) is 2.97. The standard InChI is InChI=1S/C11H9BrN2O/c1-2-11-13-10(14-15-11)7-8-4-3-5-9(12)6-8/h2-6H,1,7H2. The van der Waals surface area contributed by atoms with E-state index in [2.05, 4.69) is 32.6 Å². The fourth-order valence-electron chi connectivity index (χ4n) is 1.25. The molecular weight excluding hydrogens is 256 g/mol. The van der Waals surface area contributed by atoms with Crippen LogP contribution in [-0.2, 0) is 6.42 Å². The molecule has 0 aliphatic carbocycles. The maximum Gasteiger partial charge on any atom is 0.250 e. The normalized spacial score (nSPS) is 10.2. The van der Waals surface area contributed by atoms with Gasteiger partial charge < -0.3 is 4.52 Å². The van der Waals surface area contributed by atoms with Crippen molar-refractivity contribution in [1.29, 1.82) is 0 Å². The quantitative estimate of drug-likeness (QED) is 0.856. The summed E-state index contributed by atoms with van der Waals surface area (Å²) >= 11 is 3.41. The van der Waals surface area contributed by atoms with Gasteiger partial charge in [0.15, 0.2) is 5.82 Å². The Balaban J connectivity index is 2.18. The highest BCUT2D eigenvalue weighted by Crippen LogP contribution is 2.14. The van der Waals surface area contributed by atoms with E-state index in [1.165, 1.54) is 6.08 Å². The van der Waals surface area contributed by atoms with Gasteiger partial charge in [-0.1, -0.05) is 39.8 Å². The number of benzene rings is 1. The average molecular weight is 265 g/mol. The van der Waals surface area contributed by atoms with Crippen molar-refractivity contribution in [3.05, 3.63) is 52.6 Å². The lowest BCUT2D eigenvalue weighted by Crippen LogP contribution is -1.90. The minimum absolute atomic E-state index is 0.458. The van der Waals surface area contributed by atoms with Crippen LogP contribution in [0, 0.1) is 0 Å². The molecule has 0 saturated carbocycles. The Labute approximate surface area is 95.9 Å². The van der Waals surface area contributed by atoms with Crippen LogP contribution >= 0.6 is 15.9 Å². The summed E-state index contributed by atoms with van der Waals surface area (Å²) < 4.78 is 5.97. The summed E-state index contributed by atoms with van der Waals surface area (Å²) in [5.74, 6) is 1.13. The molecule has 0 N–H and O–H groups in total. The lowest BCUT2D eigenvalue weighted by molar-refractivity contribution is 0.404. The Morgan fingerprint density at radius 1 is 1.47 bits per heavy atom. The van der Waals surface area contributed by atoms with Gasteiger partial charge in [0.05, 0.1) is 0 Å². The van der Waals surface area contributed by atoms with Crippen molar-refractivity contribution in [2.45, 2.75) is 6.42 Å². The molecule has 15 heavy (non-hydrogen) atoms. The van der Waals surface area contributed by atoms with E-state index in [0.717, 1.165) is 10.0 Å². The van der Waals surface area contributed by atoms with Crippen molar-refractivity contribution < 1.29 is 4.52 Å². The van der Waals surface area contributed by atoms with Gasteiger partial charge in [0.25, 0.3) is 0 Å². The fraction of sp³-hybridized carbons (Fsp3) is 0.0909. The number of hydrogen-bond acceptors (Lipinski definition) is 3. The first-order chi connectivity index (χ1) is 7.28. The Bertz CT molecular complexity index is 479. The summed E-state index contributed by atoms with van der Waals surface area (Å²) in [6.45, 7) is 3.56. The molecule has 2 aromatic rings. The second kappa shape index (κ2) is 4.40. The van der Waals surface area contributed by atoms with Crippen molar-refractivity contribution in [1.82, 2.24) is 10.1 Å². The van der Waals surface area contributed by atoms with Gasteiger partial charge in [-0.25, -0.2) is 0 Å². The zero-order valence-electron chi connectivity index (χ0n) is 7.98. The molecule has 76 valence electrons. The van der Waals surface area contributed by atoms with Gasteiger partial charge in [-0.3, -0.25) is 0 Å². The van der Waals surface area contributed by atoms with E-state index in [0.29, 0.717) is 18.1 Å². The van der Waals surface area contributed by atoms with Gasteiger partial charge >= 0.3 is 0 Å². The third kappa shape index (κ3) is 2.53. The summed E-state index contributed by atoms with van der Waals surface area (Å²) in [5.41, 5.74) is 1.14. The molecule has 0 spiro atoms. The van der Waals surface area contributed by atoms with E-state index >= 15 is 0 Å². The van der Waals surface area contributed by atoms with E-state index in [-0.39, 0.29) is 0 Å². The predicted molar refractivity (Wildman–Crippen MR) is 61.3 cm³/mol. The van der Waals surface area contributed by atoms with E-state index < -0.39 is 0 Å². The first-order valence-corrected chi connectivity index (χ1v) is 5.26. The van der Waals surface area contributed by atoms with Crippen LogP contribution in [0.5, 0.6) is 0 Å². The zero-order chi connectivity index (χ0) is 10.7. The van der Waals surface area contributed by atoms with Crippen LogP contribution in [0.25, 0.3) is 6.08 Å². The highest BCUT2D eigenvalue weighted by Gasteiger charge is 2.04. The monoisotopic (exact) mass is 264 g/mol. The SMILES string of the molecule is C=Cc1nc(Cc2cccc(Br)c2)no1. The van der Waals surface area contributed by atoms with Crippen LogP contribution in [-0.4, -0.2) is 10.1 Å². The molecule has 0 radical (unpaired) electrons. The number of rotatable bonds is 3. The third-order valence-corrected chi connectivity index (χ3v) is 2.40. The molecule has 0 amide bonds. The van der Waals surface area contributed by atoms with Crippen LogP contribution in [0.1, 0.15) is 17.3 Å². The smallest absolute Gasteiger partial charge is 0.250 e. The summed E-state index contributed by atoms with van der Waals surface area (Å²) in [7, 11) is 0. The first kappa shape index (κ1) is 10.1. The summed E-state index contributed by atoms with van der Waals surface area (Å²) in [6, 6.07) is 8.02. The largest absolute Gasteiger partial charge is 0.335 e. The lowest BCUT2D eigenvalue weighted by Gasteiger charge is -1.96. The Morgan fingerprint density at radius 3 is 3.00 bits per heavy atom. The van der Waals surface area contributed by atoms with E-state index in [1.54, 1.807) is 0 Å². The third-order valence-electron chi connectivity index (χ3n) is 1.91. The van der Waals surface area contributed by atoms with Crippen molar-refractivity contribution in [3.63, 3.8) is 0 Å². The zero-order valence-corrected chi connectivity index (χ0v) is 9.57. The van der Waals surface area contributed by atoms with Gasteiger partial charge in [-0.05, 0) is 23.8 Å². The second-order valence-corrected chi connectivity index (χ2v) is 3.98. The van der Waals surface area contributed by atoms with Crippen molar-refractivity contribution in [3.8, 4) is 0 Å². The first-order valence-electron chi connectivity index (χ1n) is 4.47. The van der Waals surface area contributed by atoms with Gasteiger partial charge in [0.2, 0.25) is 5.89 Å². The summed E-state index contributed by atoms with van der Waals surface area (Å²) in [4.78, 5) is 4.14. The molecule has 0 atom stereocenters. The van der Waals surface area contributed by atoms with Gasteiger partial charge in [-0.2, -0.15) is 4.98 Å². The van der Waals surface area contributed by atoms with Gasteiger partial charge in [0, 0.05) is 10.9 Å². The predicted octanol–water partition coefficient (Wildman–Crippen LogP) is 3.07. The molecule has 0 fully saturated rings. The minimum atomic E-state index is 0.458. The summed E-state index contributed by atoms with van der Waals surface area (Å²) in [5, 5.41) is 3.84. The molecule has 0 aliphatic rings. The van der Waals surface area contributed by atoms with Crippen LogP contribution in [0.2, 0.25) is 0 Å². The van der Waals surface area contributed by atoms with E-state index in [9.17, 15) is 0 Å². The van der Waals surface area contributed by atoms with Crippen LogP contribution in [0.3, 0.4) is 0 Å². The molecular formula is C11H9BrN2O. The molecule has 1 aromatic carbocycles. The minimum Gasteiger partial charge on any atom is -0.335 e. The molecule has 1 aromatic heterocycles. The molecule has 0 unspecified atom stereocenters. The number of nitrogens with zero attached hydrogens (tertiary/aromatic N) is 2. The maximum atomic E-state index is 4.93. The summed E-state index contributed by atoms with van der Waals surface area (Å²) in [6.07, 6.45) is 2.20. The van der Waals surface area contributed by atoms with Crippen molar-refractivity contribution in [2.24, 2.45) is 0 Å². The molecule has 0 bridgehead atoms. The number of hydrogen-bond donors (Lipinski definition) is 0. The molecule has 2 rings (SSSR count). The van der Waals surface area contributed by atoms with Gasteiger partial charge in [0.1, 0.15) is 0 Å². The fourth-order valence-corrected chi connectivity index (χ4v) is 1.70. The molecule has 0 aliphatic heterocycles. The van der Waals surface area contributed by atoms with Crippen molar-refractivity contribution in [2.75, 3.05) is 0 Å². The number of halogens is 1. The van der Waals surface area contributed by atoms with Crippen molar-refractivity contribution >= 4 is 22.0 Å². The van der Waals surface area contributed by atoms with Gasteiger partial charge in [-0.15, -0.1) is 0 Å². The topological polar surface area (TPSA) is 38.9 Å². The molecule has 4 heteroatoms. The van der Waals surface area contributed by atoms with Crippen LogP contribution < -0.4 is 0 Å². The molecule has 3 nitrogen and oxygen atoms in total. The highest BCUT2D eigenvalue weighted by atomic mass is 79.9. The Hall–Kier alpha value is -1.42. The Morgan fingerprint density at radius 2 is 2.33 bits per heavy atom. The van der Waals surface area contributed by atoms with E-state index in [1.807, 2.05) is 24.3 Å². The lowest BCUT2D eigenvalue weighted by atomic mass is 10.1. The average Bonchev–Trinajstić information content (AvgIpc) is 2.65. The van der Waals surface area contributed by atoms with E-state index in [4.69, 9.17) is 4.52 Å². The molecule has 1 heterocycles. The number of aromatic nitrogens is 2.